The molecule has 0 amide bonds. The van der Waals surface area contributed by atoms with Gasteiger partial charge < -0.3 is 5.11 Å². The van der Waals surface area contributed by atoms with Gasteiger partial charge in [-0.3, -0.25) is 0 Å². The smallest absolute Gasteiger partial charge is 0.328 e. The number of aromatic nitrogens is 3. The number of hydrogen-bond donors (Lipinski definition) is 1. The molecule has 0 fully saturated rings. The Bertz CT molecular complexity index is 421. The highest BCUT2D eigenvalue weighted by molar-refractivity contribution is 5.71. The van der Waals surface area contributed by atoms with E-state index in [2.05, 4.69) is 17.2 Å². The van der Waals surface area contributed by atoms with Crippen molar-refractivity contribution in [1.29, 1.82) is 0 Å². The number of aliphatic carboxylic acids is 1. The zero-order valence-electron chi connectivity index (χ0n) is 16.0. The van der Waals surface area contributed by atoms with Gasteiger partial charge in [-0.1, -0.05) is 102 Å². The van der Waals surface area contributed by atoms with Gasteiger partial charge in [0.15, 0.2) is 6.04 Å². The maximum Gasteiger partial charge on any atom is 0.328 e. The van der Waals surface area contributed by atoms with Gasteiger partial charge in [0, 0.05) is 6.20 Å². The molecule has 5 heteroatoms. The van der Waals surface area contributed by atoms with E-state index in [1.807, 2.05) is 0 Å². The molecule has 0 aromatic carbocycles. The molecule has 0 aliphatic heterocycles. The van der Waals surface area contributed by atoms with E-state index in [4.69, 9.17) is 0 Å². The zero-order valence-corrected chi connectivity index (χ0v) is 16.0. The number of carboxylic acids is 1. The summed E-state index contributed by atoms with van der Waals surface area (Å²) in [5.74, 6) is -0.819. The predicted octanol–water partition coefficient (Wildman–Crippen LogP) is 5.78. The zero-order chi connectivity index (χ0) is 18.2. The van der Waals surface area contributed by atoms with E-state index in [0.717, 1.165) is 12.8 Å². The van der Waals surface area contributed by atoms with Crippen LogP contribution in [0.4, 0.5) is 0 Å². The van der Waals surface area contributed by atoms with E-state index in [1.54, 1.807) is 6.20 Å². The van der Waals surface area contributed by atoms with Crippen LogP contribution in [-0.2, 0) is 4.79 Å². The second-order valence-electron chi connectivity index (χ2n) is 7.12. The molecule has 1 unspecified atom stereocenters. The van der Waals surface area contributed by atoms with Crippen molar-refractivity contribution >= 4 is 5.97 Å². The summed E-state index contributed by atoms with van der Waals surface area (Å²) in [6.45, 7) is 2.27. The lowest BCUT2D eigenvalue weighted by molar-refractivity contribution is -0.141. The molecular weight excluding hydrogens is 314 g/mol. The molecule has 0 radical (unpaired) electrons. The molecule has 0 aliphatic rings. The van der Waals surface area contributed by atoms with Gasteiger partial charge in [-0.25, -0.2) is 9.48 Å². The van der Waals surface area contributed by atoms with Crippen LogP contribution in [0.25, 0.3) is 0 Å². The fraction of sp³-hybridized carbons (Fsp3) is 0.850. The molecule has 5 nitrogen and oxygen atoms in total. The van der Waals surface area contributed by atoms with Gasteiger partial charge in [0.05, 0.1) is 6.20 Å². The third-order valence-electron chi connectivity index (χ3n) is 4.88. The molecule has 144 valence electrons. The normalized spacial score (nSPS) is 12.4. The standard InChI is InChI=1S/C20H37N3O2/c1-2-3-4-5-6-7-8-9-10-11-12-13-14-15-16-19(20(24)25)23-18-17-21-22-23/h17-19H,2-16H2,1H3,(H,24,25). The first-order valence-corrected chi connectivity index (χ1v) is 10.3. The Morgan fingerprint density at radius 1 is 0.880 bits per heavy atom. The summed E-state index contributed by atoms with van der Waals surface area (Å²) in [5.41, 5.74) is 0. The van der Waals surface area contributed by atoms with E-state index in [1.165, 1.54) is 87.9 Å². The number of nitrogens with zero attached hydrogens (tertiary/aromatic N) is 3. The highest BCUT2D eigenvalue weighted by atomic mass is 16.4. The Kier molecular flexibility index (Phi) is 12.9. The van der Waals surface area contributed by atoms with Gasteiger partial charge in [0.1, 0.15) is 0 Å². The van der Waals surface area contributed by atoms with E-state index in [0.29, 0.717) is 6.42 Å². The molecular formula is C20H37N3O2. The van der Waals surface area contributed by atoms with Crippen LogP contribution >= 0.6 is 0 Å². The summed E-state index contributed by atoms with van der Waals surface area (Å²) in [5, 5.41) is 16.8. The molecule has 1 atom stereocenters. The third kappa shape index (κ3) is 11.0. The van der Waals surface area contributed by atoms with Crippen LogP contribution in [-0.4, -0.2) is 26.1 Å². The van der Waals surface area contributed by atoms with Crippen molar-refractivity contribution in [2.45, 2.75) is 109 Å². The molecule has 0 bridgehead atoms. The van der Waals surface area contributed by atoms with Crippen molar-refractivity contribution in [1.82, 2.24) is 15.0 Å². The van der Waals surface area contributed by atoms with Crippen LogP contribution in [0.15, 0.2) is 12.4 Å². The second kappa shape index (κ2) is 14.9. The molecule has 0 aliphatic carbocycles. The Balaban J connectivity index is 1.88. The Morgan fingerprint density at radius 3 is 1.76 bits per heavy atom. The van der Waals surface area contributed by atoms with Gasteiger partial charge in [0.2, 0.25) is 0 Å². The largest absolute Gasteiger partial charge is 0.480 e. The molecule has 0 saturated heterocycles. The Labute approximate surface area is 153 Å². The molecule has 1 rings (SSSR count). The van der Waals surface area contributed by atoms with Gasteiger partial charge in [-0.05, 0) is 6.42 Å². The summed E-state index contributed by atoms with van der Waals surface area (Å²) in [4.78, 5) is 11.3. The average Bonchev–Trinajstić information content (AvgIpc) is 3.12. The molecule has 1 aromatic heterocycles. The van der Waals surface area contributed by atoms with Crippen molar-refractivity contribution in [3.8, 4) is 0 Å². The summed E-state index contributed by atoms with van der Waals surface area (Å²) in [6, 6.07) is -0.570. The van der Waals surface area contributed by atoms with Crippen LogP contribution in [0, 0.1) is 0 Å². The lowest BCUT2D eigenvalue weighted by atomic mass is 10.0. The summed E-state index contributed by atoms with van der Waals surface area (Å²) < 4.78 is 1.45. The number of carboxylic acid groups (broad SMARTS) is 1. The van der Waals surface area contributed by atoms with E-state index < -0.39 is 12.0 Å². The minimum atomic E-state index is -0.819. The van der Waals surface area contributed by atoms with Crippen molar-refractivity contribution in [2.24, 2.45) is 0 Å². The van der Waals surface area contributed by atoms with Crippen LogP contribution in [0.1, 0.15) is 109 Å². The minimum absolute atomic E-state index is 0.570. The van der Waals surface area contributed by atoms with Crippen molar-refractivity contribution < 1.29 is 9.90 Å². The number of hydrogen-bond acceptors (Lipinski definition) is 3. The highest BCUT2D eigenvalue weighted by Crippen LogP contribution is 2.17. The van der Waals surface area contributed by atoms with Crippen molar-refractivity contribution in [3.63, 3.8) is 0 Å². The van der Waals surface area contributed by atoms with Gasteiger partial charge in [-0.2, -0.15) is 0 Å². The summed E-state index contributed by atoms with van der Waals surface area (Å²) in [6.07, 6.45) is 22.1. The first kappa shape index (κ1) is 21.7. The molecule has 0 spiro atoms. The van der Waals surface area contributed by atoms with E-state index >= 15 is 0 Å². The average molecular weight is 352 g/mol. The van der Waals surface area contributed by atoms with Gasteiger partial charge in [-0.15, -0.1) is 5.10 Å². The Morgan fingerprint density at radius 2 is 1.36 bits per heavy atom. The maximum absolute atomic E-state index is 11.3. The number of carbonyl (C=O) groups is 1. The quantitative estimate of drug-likeness (QED) is 0.361. The van der Waals surface area contributed by atoms with E-state index in [9.17, 15) is 9.90 Å². The number of unbranched alkanes of at least 4 members (excludes halogenated alkanes) is 13. The van der Waals surface area contributed by atoms with Crippen molar-refractivity contribution in [2.75, 3.05) is 0 Å². The molecule has 0 saturated carbocycles. The van der Waals surface area contributed by atoms with Gasteiger partial charge in [0.25, 0.3) is 0 Å². The topological polar surface area (TPSA) is 68.0 Å². The Hall–Kier alpha value is -1.39. The first-order valence-electron chi connectivity index (χ1n) is 10.3. The summed E-state index contributed by atoms with van der Waals surface area (Å²) in [7, 11) is 0. The van der Waals surface area contributed by atoms with Crippen LogP contribution in [0.3, 0.4) is 0 Å². The molecule has 1 heterocycles. The number of rotatable bonds is 17. The molecule has 1 N–H and O–H groups in total. The van der Waals surface area contributed by atoms with Crippen LogP contribution in [0.2, 0.25) is 0 Å². The lowest BCUT2D eigenvalue weighted by Crippen LogP contribution is -2.19. The minimum Gasteiger partial charge on any atom is -0.480 e. The SMILES string of the molecule is CCCCCCCCCCCCCCCCC(C(=O)O)n1ccnn1. The first-order chi connectivity index (χ1) is 12.3. The van der Waals surface area contributed by atoms with Crippen molar-refractivity contribution in [3.05, 3.63) is 12.4 Å². The maximum atomic E-state index is 11.3. The van der Waals surface area contributed by atoms with E-state index in [-0.39, 0.29) is 0 Å². The lowest BCUT2D eigenvalue weighted by Gasteiger charge is -2.11. The molecule has 1 aromatic rings. The third-order valence-corrected chi connectivity index (χ3v) is 4.88. The fourth-order valence-corrected chi connectivity index (χ4v) is 3.28. The van der Waals surface area contributed by atoms with Crippen LogP contribution in [0.5, 0.6) is 0 Å². The second-order valence-corrected chi connectivity index (χ2v) is 7.12. The molecule has 25 heavy (non-hydrogen) atoms. The summed E-state index contributed by atoms with van der Waals surface area (Å²) >= 11 is 0. The highest BCUT2D eigenvalue weighted by Gasteiger charge is 2.19. The van der Waals surface area contributed by atoms with Crippen LogP contribution < -0.4 is 0 Å². The fourth-order valence-electron chi connectivity index (χ4n) is 3.28. The van der Waals surface area contributed by atoms with Gasteiger partial charge >= 0.3 is 5.97 Å². The predicted molar refractivity (Wildman–Crippen MR) is 102 cm³/mol. The monoisotopic (exact) mass is 351 g/mol.